The molecule has 30 heavy (non-hydrogen) atoms. The fourth-order valence-corrected chi connectivity index (χ4v) is 4.73. The zero-order chi connectivity index (χ0) is 21.9. The standard InChI is InChI=1S/C21H26N2O6S/c1-14-12-23(13-15(2)29-14)21(24)17-7-5-6-8-18(17)22-30(25,26)20-11-16(27-3)9-10-19(20)28-4/h5-11,14-15,22H,12-13H2,1-4H3. The molecule has 9 heteroatoms. The highest BCUT2D eigenvalue weighted by Gasteiger charge is 2.29. The molecular formula is C21H26N2O6S. The highest BCUT2D eigenvalue weighted by Crippen LogP contribution is 2.31. The lowest BCUT2D eigenvalue weighted by Crippen LogP contribution is -2.48. The SMILES string of the molecule is COc1ccc(OC)c(S(=O)(=O)Nc2ccccc2C(=O)N2CC(C)OC(C)C2)c1. The molecule has 2 atom stereocenters. The molecule has 1 amide bonds. The number of morpholine rings is 1. The molecule has 0 aliphatic carbocycles. The molecule has 2 aromatic carbocycles. The van der Waals surface area contributed by atoms with Crippen LogP contribution in [0.5, 0.6) is 11.5 Å². The average Bonchev–Trinajstić information content (AvgIpc) is 2.72. The third-order valence-electron chi connectivity index (χ3n) is 4.77. The molecule has 162 valence electrons. The predicted molar refractivity (Wildman–Crippen MR) is 113 cm³/mol. The van der Waals surface area contributed by atoms with Crippen LogP contribution in [-0.4, -0.2) is 58.7 Å². The van der Waals surface area contributed by atoms with Crippen LogP contribution in [0, 0.1) is 0 Å². The zero-order valence-electron chi connectivity index (χ0n) is 17.4. The molecule has 1 saturated heterocycles. The zero-order valence-corrected chi connectivity index (χ0v) is 18.2. The molecule has 3 rings (SSSR count). The van der Waals surface area contributed by atoms with Gasteiger partial charge in [-0.05, 0) is 38.1 Å². The highest BCUT2D eigenvalue weighted by molar-refractivity contribution is 7.92. The third-order valence-corrected chi connectivity index (χ3v) is 6.16. The maximum absolute atomic E-state index is 13.1. The van der Waals surface area contributed by atoms with Crippen molar-refractivity contribution in [3.8, 4) is 11.5 Å². The third kappa shape index (κ3) is 4.68. The number of nitrogens with zero attached hydrogens (tertiary/aromatic N) is 1. The van der Waals surface area contributed by atoms with Crippen molar-refractivity contribution in [1.29, 1.82) is 0 Å². The van der Waals surface area contributed by atoms with Gasteiger partial charge in [-0.25, -0.2) is 8.42 Å². The number of ether oxygens (including phenoxy) is 3. The fraction of sp³-hybridized carbons (Fsp3) is 0.381. The van der Waals surface area contributed by atoms with Gasteiger partial charge in [0.2, 0.25) is 0 Å². The maximum atomic E-state index is 13.1. The Hall–Kier alpha value is -2.78. The summed E-state index contributed by atoms with van der Waals surface area (Å²) < 4.78 is 44.8. The van der Waals surface area contributed by atoms with Gasteiger partial charge in [-0.2, -0.15) is 0 Å². The molecule has 0 saturated carbocycles. The Morgan fingerprint density at radius 3 is 2.37 bits per heavy atom. The van der Waals surface area contributed by atoms with E-state index in [0.717, 1.165) is 0 Å². The van der Waals surface area contributed by atoms with E-state index in [2.05, 4.69) is 4.72 Å². The highest BCUT2D eigenvalue weighted by atomic mass is 32.2. The molecule has 1 N–H and O–H groups in total. The number of amides is 1. The monoisotopic (exact) mass is 434 g/mol. The van der Waals surface area contributed by atoms with Gasteiger partial charge in [-0.15, -0.1) is 0 Å². The second-order valence-electron chi connectivity index (χ2n) is 7.14. The molecule has 1 aliphatic heterocycles. The second-order valence-corrected chi connectivity index (χ2v) is 8.79. The van der Waals surface area contributed by atoms with E-state index < -0.39 is 10.0 Å². The van der Waals surface area contributed by atoms with Crippen LogP contribution in [0.15, 0.2) is 47.4 Å². The first-order valence-electron chi connectivity index (χ1n) is 9.53. The Kier molecular flexibility index (Phi) is 6.52. The van der Waals surface area contributed by atoms with E-state index in [9.17, 15) is 13.2 Å². The number of carbonyl (C=O) groups is 1. The van der Waals surface area contributed by atoms with Crippen molar-refractivity contribution in [2.45, 2.75) is 31.0 Å². The quantitative estimate of drug-likeness (QED) is 0.751. The normalized spacial score (nSPS) is 19.3. The van der Waals surface area contributed by atoms with Gasteiger partial charge in [0.15, 0.2) is 0 Å². The van der Waals surface area contributed by atoms with Crippen molar-refractivity contribution >= 4 is 21.6 Å². The number of hydrogen-bond donors (Lipinski definition) is 1. The largest absolute Gasteiger partial charge is 0.497 e. The number of methoxy groups -OCH3 is 2. The Balaban J connectivity index is 1.94. The summed E-state index contributed by atoms with van der Waals surface area (Å²) in [4.78, 5) is 14.7. The van der Waals surface area contributed by atoms with Crippen molar-refractivity contribution in [2.24, 2.45) is 0 Å². The van der Waals surface area contributed by atoms with Crippen LogP contribution in [0.3, 0.4) is 0 Å². The number of sulfonamides is 1. The molecular weight excluding hydrogens is 408 g/mol. The lowest BCUT2D eigenvalue weighted by Gasteiger charge is -2.35. The first-order chi connectivity index (χ1) is 14.2. The minimum atomic E-state index is -4.05. The van der Waals surface area contributed by atoms with E-state index in [-0.39, 0.29) is 40.0 Å². The van der Waals surface area contributed by atoms with Gasteiger partial charge in [0.05, 0.1) is 37.7 Å². The van der Waals surface area contributed by atoms with Crippen molar-refractivity contribution in [1.82, 2.24) is 4.90 Å². The van der Waals surface area contributed by atoms with E-state index in [1.54, 1.807) is 35.2 Å². The number of carbonyl (C=O) groups excluding carboxylic acids is 1. The van der Waals surface area contributed by atoms with E-state index in [0.29, 0.717) is 18.8 Å². The average molecular weight is 435 g/mol. The van der Waals surface area contributed by atoms with E-state index in [1.165, 1.54) is 26.4 Å². The van der Waals surface area contributed by atoms with Crippen molar-refractivity contribution < 1.29 is 27.4 Å². The number of nitrogens with one attached hydrogen (secondary N) is 1. The summed E-state index contributed by atoms with van der Waals surface area (Å²) in [5.41, 5.74) is 0.461. The summed E-state index contributed by atoms with van der Waals surface area (Å²) in [6.07, 6.45) is -0.190. The number of hydrogen-bond acceptors (Lipinski definition) is 6. The Bertz CT molecular complexity index is 1010. The predicted octanol–water partition coefficient (Wildman–Crippen LogP) is 2.75. The molecule has 0 spiro atoms. The van der Waals surface area contributed by atoms with Crippen LogP contribution in [0.4, 0.5) is 5.69 Å². The summed E-state index contributed by atoms with van der Waals surface area (Å²) in [6, 6.07) is 11.0. The molecule has 0 bridgehead atoms. The Morgan fingerprint density at radius 2 is 1.73 bits per heavy atom. The van der Waals surface area contributed by atoms with E-state index >= 15 is 0 Å². The van der Waals surface area contributed by atoms with Crippen molar-refractivity contribution in [3.63, 3.8) is 0 Å². The summed E-state index contributed by atoms with van der Waals surface area (Å²) in [7, 11) is -1.21. The van der Waals surface area contributed by atoms with Gasteiger partial charge in [-0.3, -0.25) is 9.52 Å². The maximum Gasteiger partial charge on any atom is 0.265 e. The first-order valence-corrected chi connectivity index (χ1v) is 11.0. The number of rotatable bonds is 6. The van der Waals surface area contributed by atoms with Crippen molar-refractivity contribution in [2.75, 3.05) is 32.0 Å². The number of anilines is 1. The molecule has 2 aromatic rings. The van der Waals surface area contributed by atoms with Gasteiger partial charge in [0.25, 0.3) is 15.9 Å². The van der Waals surface area contributed by atoms with Crippen LogP contribution in [0.1, 0.15) is 24.2 Å². The van der Waals surface area contributed by atoms with Crippen LogP contribution in [-0.2, 0) is 14.8 Å². The smallest absolute Gasteiger partial charge is 0.265 e. The molecule has 0 aromatic heterocycles. The summed E-state index contributed by atoms with van der Waals surface area (Å²) in [5.74, 6) is 0.285. The summed E-state index contributed by atoms with van der Waals surface area (Å²) in [5, 5.41) is 0. The lowest BCUT2D eigenvalue weighted by atomic mass is 10.1. The molecule has 1 aliphatic rings. The van der Waals surface area contributed by atoms with Crippen molar-refractivity contribution in [3.05, 3.63) is 48.0 Å². The van der Waals surface area contributed by atoms with E-state index in [1.807, 2.05) is 13.8 Å². The molecule has 1 heterocycles. The van der Waals surface area contributed by atoms with Gasteiger partial charge in [0.1, 0.15) is 16.4 Å². The van der Waals surface area contributed by atoms with Crippen LogP contribution >= 0.6 is 0 Å². The van der Waals surface area contributed by atoms with Gasteiger partial charge < -0.3 is 19.1 Å². The lowest BCUT2D eigenvalue weighted by molar-refractivity contribution is -0.0585. The minimum Gasteiger partial charge on any atom is -0.497 e. The molecule has 0 radical (unpaired) electrons. The summed E-state index contributed by atoms with van der Waals surface area (Å²) in [6.45, 7) is 4.68. The topological polar surface area (TPSA) is 94.2 Å². The Labute approximate surface area is 176 Å². The van der Waals surface area contributed by atoms with Crippen LogP contribution < -0.4 is 14.2 Å². The molecule has 1 fully saturated rings. The Morgan fingerprint density at radius 1 is 1.07 bits per heavy atom. The fourth-order valence-electron chi connectivity index (χ4n) is 3.47. The number of benzene rings is 2. The first kappa shape index (κ1) is 21.9. The van der Waals surface area contributed by atoms with Gasteiger partial charge >= 0.3 is 0 Å². The van der Waals surface area contributed by atoms with Gasteiger partial charge in [-0.1, -0.05) is 12.1 Å². The van der Waals surface area contributed by atoms with E-state index in [4.69, 9.17) is 14.2 Å². The van der Waals surface area contributed by atoms with Crippen LogP contribution in [0.2, 0.25) is 0 Å². The number of para-hydroxylation sites is 1. The minimum absolute atomic E-state index is 0.0831. The van der Waals surface area contributed by atoms with Crippen LogP contribution in [0.25, 0.3) is 0 Å². The molecule has 8 nitrogen and oxygen atoms in total. The van der Waals surface area contributed by atoms with Gasteiger partial charge in [0, 0.05) is 19.2 Å². The molecule has 2 unspecified atom stereocenters. The second kappa shape index (κ2) is 8.93. The summed E-state index contributed by atoms with van der Waals surface area (Å²) >= 11 is 0.